The Morgan fingerprint density at radius 1 is 1.40 bits per heavy atom. The van der Waals surface area contributed by atoms with Crippen LogP contribution in [0.25, 0.3) is 5.65 Å². The second-order valence-electron chi connectivity index (χ2n) is 5.41. The van der Waals surface area contributed by atoms with Crippen LogP contribution in [0.15, 0.2) is 24.4 Å². The second kappa shape index (κ2) is 6.50. The fourth-order valence-electron chi connectivity index (χ4n) is 2.37. The van der Waals surface area contributed by atoms with Crippen LogP contribution in [-0.4, -0.2) is 40.5 Å². The summed E-state index contributed by atoms with van der Waals surface area (Å²) >= 11 is 1.86. The highest BCUT2D eigenvalue weighted by molar-refractivity contribution is 7.98. The predicted molar refractivity (Wildman–Crippen MR) is 88.8 cm³/mol. The lowest BCUT2D eigenvalue weighted by atomic mass is 10.2. The van der Waals surface area contributed by atoms with Gasteiger partial charge in [-0.2, -0.15) is 11.8 Å². The van der Waals surface area contributed by atoms with Crippen molar-refractivity contribution in [3.05, 3.63) is 30.1 Å². The molecule has 0 radical (unpaired) electrons. The van der Waals surface area contributed by atoms with E-state index in [1.165, 1.54) is 5.69 Å². The predicted octanol–water partition coefficient (Wildman–Crippen LogP) is 2.41. The van der Waals surface area contributed by atoms with Crippen LogP contribution in [0.5, 0.6) is 0 Å². The van der Waals surface area contributed by atoms with E-state index in [1.54, 1.807) is 0 Å². The molecule has 0 bridgehead atoms. The average molecular weight is 292 g/mol. The third-order valence-electron chi connectivity index (χ3n) is 3.53. The fourth-order valence-corrected chi connectivity index (χ4v) is 3.08. The summed E-state index contributed by atoms with van der Waals surface area (Å²) < 4.78 is 2.15. The van der Waals surface area contributed by atoms with Crippen LogP contribution in [0.4, 0.5) is 5.82 Å². The van der Waals surface area contributed by atoms with Gasteiger partial charge in [-0.05, 0) is 32.2 Å². The molecule has 2 unspecified atom stereocenters. The summed E-state index contributed by atoms with van der Waals surface area (Å²) in [7, 11) is 2.12. The zero-order chi connectivity index (χ0) is 14.7. The Morgan fingerprint density at radius 2 is 2.15 bits per heavy atom. The number of thioether (sulfide) groups is 1. The summed E-state index contributed by atoms with van der Waals surface area (Å²) in [6.45, 7) is 4.27. The number of nitrogens with two attached hydrogens (primary N) is 1. The molecule has 0 fully saturated rings. The van der Waals surface area contributed by atoms with Crippen molar-refractivity contribution in [1.29, 1.82) is 0 Å². The number of pyridine rings is 1. The van der Waals surface area contributed by atoms with Crippen LogP contribution < -0.4 is 10.6 Å². The highest BCUT2D eigenvalue weighted by atomic mass is 32.2. The maximum absolute atomic E-state index is 6.01. The van der Waals surface area contributed by atoms with E-state index in [-0.39, 0.29) is 6.04 Å². The van der Waals surface area contributed by atoms with Crippen LogP contribution in [-0.2, 0) is 6.42 Å². The van der Waals surface area contributed by atoms with Crippen molar-refractivity contribution in [3.63, 3.8) is 0 Å². The third-order valence-corrected chi connectivity index (χ3v) is 4.34. The zero-order valence-electron chi connectivity index (χ0n) is 12.7. The number of hydrogen-bond acceptors (Lipinski definition) is 4. The van der Waals surface area contributed by atoms with E-state index < -0.39 is 0 Å². The minimum atomic E-state index is 0.123. The smallest absolute Gasteiger partial charge is 0.151 e. The van der Waals surface area contributed by atoms with E-state index in [9.17, 15) is 0 Å². The molecule has 2 rings (SSSR count). The number of nitrogens with zero attached hydrogens (tertiary/aromatic N) is 3. The van der Waals surface area contributed by atoms with Gasteiger partial charge in [-0.25, -0.2) is 4.98 Å². The molecule has 0 aliphatic heterocycles. The first-order valence-corrected chi connectivity index (χ1v) is 8.37. The van der Waals surface area contributed by atoms with Gasteiger partial charge in [-0.3, -0.25) is 0 Å². The number of imidazole rings is 1. The molecular formula is C15H24N4S. The van der Waals surface area contributed by atoms with Gasteiger partial charge in [0, 0.05) is 37.5 Å². The van der Waals surface area contributed by atoms with E-state index in [0.717, 1.165) is 23.6 Å². The number of aromatic nitrogens is 2. The minimum Gasteiger partial charge on any atom is -0.355 e. The van der Waals surface area contributed by atoms with Gasteiger partial charge in [0.25, 0.3) is 0 Å². The molecule has 2 aromatic heterocycles. The van der Waals surface area contributed by atoms with Gasteiger partial charge in [0.2, 0.25) is 0 Å². The van der Waals surface area contributed by atoms with Gasteiger partial charge < -0.3 is 15.0 Å². The summed E-state index contributed by atoms with van der Waals surface area (Å²) in [4.78, 5) is 7.06. The molecule has 2 N–H and O–H groups in total. The Morgan fingerprint density at radius 3 is 2.80 bits per heavy atom. The van der Waals surface area contributed by atoms with Crippen LogP contribution in [0.3, 0.4) is 0 Å². The first kappa shape index (κ1) is 15.2. The van der Waals surface area contributed by atoms with Crippen molar-refractivity contribution in [2.75, 3.05) is 24.0 Å². The van der Waals surface area contributed by atoms with E-state index in [1.807, 2.05) is 36.9 Å². The first-order valence-electron chi connectivity index (χ1n) is 6.98. The molecule has 0 saturated heterocycles. The molecule has 2 heterocycles. The summed E-state index contributed by atoms with van der Waals surface area (Å²) in [6.07, 6.45) is 5.03. The van der Waals surface area contributed by atoms with E-state index in [0.29, 0.717) is 6.04 Å². The quantitative estimate of drug-likeness (QED) is 0.888. The topological polar surface area (TPSA) is 46.6 Å². The van der Waals surface area contributed by atoms with Gasteiger partial charge in [-0.1, -0.05) is 6.07 Å². The van der Waals surface area contributed by atoms with Gasteiger partial charge >= 0.3 is 0 Å². The van der Waals surface area contributed by atoms with Crippen LogP contribution in [0.2, 0.25) is 0 Å². The van der Waals surface area contributed by atoms with Crippen molar-refractivity contribution in [1.82, 2.24) is 9.38 Å². The molecule has 0 amide bonds. The van der Waals surface area contributed by atoms with Gasteiger partial charge in [0.05, 0.1) is 5.69 Å². The van der Waals surface area contributed by atoms with E-state index >= 15 is 0 Å². The van der Waals surface area contributed by atoms with E-state index in [2.05, 4.69) is 35.7 Å². The third kappa shape index (κ3) is 3.10. The standard InChI is InChI=1S/C15H24N4S/c1-11(16)9-13-15(18(3)12(2)10-20-4)17-14-7-5-6-8-19(13)14/h5-8,11-12H,9-10,16H2,1-4H3. The fraction of sp³-hybridized carbons (Fsp3) is 0.533. The monoisotopic (exact) mass is 292 g/mol. The van der Waals surface area contributed by atoms with Crippen molar-refractivity contribution in [2.24, 2.45) is 5.73 Å². The molecule has 0 aromatic carbocycles. The maximum atomic E-state index is 6.01. The van der Waals surface area contributed by atoms with Crippen molar-refractivity contribution in [3.8, 4) is 0 Å². The summed E-state index contributed by atoms with van der Waals surface area (Å²) in [5, 5.41) is 0. The maximum Gasteiger partial charge on any atom is 0.151 e. The molecule has 110 valence electrons. The minimum absolute atomic E-state index is 0.123. The number of rotatable bonds is 6. The molecule has 2 aromatic rings. The van der Waals surface area contributed by atoms with Crippen molar-refractivity contribution in [2.45, 2.75) is 32.4 Å². The molecule has 0 spiro atoms. The van der Waals surface area contributed by atoms with Crippen molar-refractivity contribution < 1.29 is 0 Å². The molecule has 5 heteroatoms. The summed E-state index contributed by atoms with van der Waals surface area (Å²) in [5.41, 5.74) is 8.20. The average Bonchev–Trinajstić information content (AvgIpc) is 2.76. The van der Waals surface area contributed by atoms with Crippen LogP contribution in [0, 0.1) is 0 Å². The normalized spacial score (nSPS) is 14.4. The highest BCUT2D eigenvalue weighted by Gasteiger charge is 2.19. The molecular weight excluding hydrogens is 268 g/mol. The molecule has 2 atom stereocenters. The zero-order valence-corrected chi connectivity index (χ0v) is 13.5. The summed E-state index contributed by atoms with van der Waals surface area (Å²) in [5.74, 6) is 2.14. The largest absolute Gasteiger partial charge is 0.355 e. The number of fused-ring (bicyclic) bond motifs is 1. The molecule has 4 nitrogen and oxygen atoms in total. The second-order valence-corrected chi connectivity index (χ2v) is 6.32. The number of anilines is 1. The van der Waals surface area contributed by atoms with Crippen LogP contribution in [0.1, 0.15) is 19.5 Å². The SMILES string of the molecule is CSCC(C)N(C)c1nc2ccccn2c1CC(C)N. The lowest BCUT2D eigenvalue weighted by Gasteiger charge is -2.25. The highest BCUT2D eigenvalue weighted by Crippen LogP contribution is 2.24. The van der Waals surface area contributed by atoms with Crippen LogP contribution >= 0.6 is 11.8 Å². The molecule has 0 saturated carbocycles. The first-order chi connectivity index (χ1) is 9.54. The van der Waals surface area contributed by atoms with Gasteiger partial charge in [-0.15, -0.1) is 0 Å². The Balaban J connectivity index is 2.45. The Labute approximate surface area is 125 Å². The number of hydrogen-bond donors (Lipinski definition) is 1. The molecule has 0 aliphatic rings. The molecule has 0 aliphatic carbocycles. The van der Waals surface area contributed by atoms with Gasteiger partial charge in [0.1, 0.15) is 5.65 Å². The Kier molecular flexibility index (Phi) is 4.94. The Bertz CT molecular complexity index is 564. The lowest BCUT2D eigenvalue weighted by molar-refractivity contribution is 0.700. The lowest BCUT2D eigenvalue weighted by Crippen LogP contribution is -2.32. The summed E-state index contributed by atoms with van der Waals surface area (Å²) in [6, 6.07) is 6.67. The van der Waals surface area contributed by atoms with Gasteiger partial charge in [0.15, 0.2) is 5.82 Å². The molecule has 20 heavy (non-hydrogen) atoms. The van der Waals surface area contributed by atoms with E-state index in [4.69, 9.17) is 10.7 Å². The van der Waals surface area contributed by atoms with Crippen molar-refractivity contribution >= 4 is 23.2 Å². The Hall–Kier alpha value is -1.20.